The van der Waals surface area contributed by atoms with Crippen LogP contribution in [0, 0.1) is 5.92 Å². The molecular formula is C30H32ClN5O2. The summed E-state index contributed by atoms with van der Waals surface area (Å²) in [6.45, 7) is 3.69. The van der Waals surface area contributed by atoms with E-state index in [4.69, 9.17) is 11.6 Å². The Bertz CT molecular complexity index is 1480. The lowest BCUT2D eigenvalue weighted by Crippen LogP contribution is -2.21. The Kier molecular flexibility index (Phi) is 7.49. The maximum absolute atomic E-state index is 13.3. The van der Waals surface area contributed by atoms with Gasteiger partial charge in [0.2, 0.25) is 0 Å². The van der Waals surface area contributed by atoms with Gasteiger partial charge in [-0.15, -0.1) is 0 Å². The number of hydrogen-bond donors (Lipinski definition) is 3. The van der Waals surface area contributed by atoms with Crippen molar-refractivity contribution < 1.29 is 9.90 Å². The first-order valence-electron chi connectivity index (χ1n) is 12.9. The number of likely N-dealkylation sites (N-methyl/N-ethyl adjacent to an activating group) is 1. The molecular weight excluding hydrogens is 498 g/mol. The van der Waals surface area contributed by atoms with Crippen molar-refractivity contribution in [2.75, 3.05) is 37.8 Å². The lowest BCUT2D eigenvalue weighted by Gasteiger charge is -2.16. The number of Topliss-reactive ketones (excluding diaryl/α,β-unsaturated/α-hetero) is 1. The van der Waals surface area contributed by atoms with Crippen molar-refractivity contribution in [2.24, 2.45) is 5.92 Å². The molecule has 1 fully saturated rings. The van der Waals surface area contributed by atoms with Crippen LogP contribution in [-0.4, -0.2) is 52.9 Å². The van der Waals surface area contributed by atoms with Crippen LogP contribution in [0.25, 0.3) is 22.0 Å². The van der Waals surface area contributed by atoms with Crippen LogP contribution in [0.3, 0.4) is 0 Å². The van der Waals surface area contributed by atoms with Crippen molar-refractivity contribution in [2.45, 2.75) is 26.2 Å². The van der Waals surface area contributed by atoms with Crippen LogP contribution in [-0.2, 0) is 6.42 Å². The number of phenols is 1. The number of pyridine rings is 2. The number of carbonyl (C=O) groups excluding carboxylic acids is 1. The number of nitrogens with zero attached hydrogens (tertiary/aromatic N) is 3. The monoisotopic (exact) mass is 529 g/mol. The first kappa shape index (κ1) is 25.9. The van der Waals surface area contributed by atoms with Crippen LogP contribution < -0.4 is 10.6 Å². The second kappa shape index (κ2) is 11.0. The van der Waals surface area contributed by atoms with Crippen molar-refractivity contribution >= 4 is 45.5 Å². The number of phenolic OH excluding ortho intramolecular Hbond substituents is 1. The molecule has 0 atom stereocenters. The Hall–Kier alpha value is -3.68. The van der Waals surface area contributed by atoms with Crippen molar-refractivity contribution in [3.63, 3.8) is 0 Å². The smallest absolute Gasteiger partial charge is 0.169 e. The zero-order valence-corrected chi connectivity index (χ0v) is 22.6. The molecule has 0 amide bonds. The maximum atomic E-state index is 13.3. The number of ketones is 1. The third kappa shape index (κ3) is 5.59. The summed E-state index contributed by atoms with van der Waals surface area (Å²) >= 11 is 6.34. The van der Waals surface area contributed by atoms with Gasteiger partial charge in [-0.05, 0) is 86.4 Å². The molecule has 38 heavy (non-hydrogen) atoms. The minimum absolute atomic E-state index is 0.0578. The lowest BCUT2D eigenvalue weighted by atomic mass is 9.97. The third-order valence-corrected chi connectivity index (χ3v) is 7.12. The molecule has 0 unspecified atom stereocenters. The molecule has 1 aliphatic carbocycles. The van der Waals surface area contributed by atoms with Gasteiger partial charge in [-0.3, -0.25) is 9.78 Å². The zero-order valence-electron chi connectivity index (χ0n) is 21.9. The number of carbonyl (C=O) groups is 1. The highest BCUT2D eigenvalue weighted by Gasteiger charge is 2.32. The van der Waals surface area contributed by atoms with Gasteiger partial charge in [-0.1, -0.05) is 24.6 Å². The zero-order chi connectivity index (χ0) is 26.8. The molecule has 8 heteroatoms. The summed E-state index contributed by atoms with van der Waals surface area (Å²) < 4.78 is 0. The molecule has 0 bridgehead atoms. The van der Waals surface area contributed by atoms with Gasteiger partial charge in [0, 0.05) is 30.6 Å². The predicted octanol–water partition coefficient (Wildman–Crippen LogP) is 6.53. The number of anilines is 3. The minimum atomic E-state index is 0.0578. The van der Waals surface area contributed by atoms with Crippen molar-refractivity contribution in [3.05, 3.63) is 71.0 Å². The number of fused-ring (bicyclic) bond motifs is 1. The molecule has 2 aromatic carbocycles. The number of hydrogen-bond acceptors (Lipinski definition) is 7. The topological polar surface area (TPSA) is 90.4 Å². The molecule has 2 heterocycles. The average molecular weight is 530 g/mol. The number of aromatic hydroxyl groups is 1. The standard InChI is InChI=1S/C30H32ClN5O2/c1-4-18-13-21(15-25(31)30(18)38)20-7-9-26-23(14-20)28(24(17-33-26)29(37)19-5-6-19)35-22-8-10-27(34-16-22)32-11-12-36(2)3/h7-10,13-17,19,38H,4-6,11-12H2,1-3H3,(H,32,34)(H,33,35). The molecule has 5 rings (SSSR count). The van der Waals surface area contributed by atoms with Crippen LogP contribution in [0.2, 0.25) is 5.02 Å². The Balaban J connectivity index is 1.54. The molecule has 0 aliphatic heterocycles. The molecule has 1 saturated carbocycles. The molecule has 0 saturated heterocycles. The van der Waals surface area contributed by atoms with Crippen molar-refractivity contribution in [1.82, 2.24) is 14.9 Å². The molecule has 0 spiro atoms. The Morgan fingerprint density at radius 3 is 2.58 bits per heavy atom. The molecule has 7 nitrogen and oxygen atoms in total. The third-order valence-electron chi connectivity index (χ3n) is 6.84. The van der Waals surface area contributed by atoms with Gasteiger partial charge in [-0.2, -0.15) is 0 Å². The summed E-state index contributed by atoms with van der Waals surface area (Å²) in [5, 5.41) is 18.2. The number of aryl methyl sites for hydroxylation is 1. The van der Waals surface area contributed by atoms with Crippen molar-refractivity contribution in [1.29, 1.82) is 0 Å². The summed E-state index contributed by atoms with van der Waals surface area (Å²) in [5.74, 6) is 1.09. The lowest BCUT2D eigenvalue weighted by molar-refractivity contribution is 0.0968. The van der Waals surface area contributed by atoms with Crippen LogP contribution in [0.1, 0.15) is 35.7 Å². The van der Waals surface area contributed by atoms with Gasteiger partial charge in [-0.25, -0.2) is 4.98 Å². The van der Waals surface area contributed by atoms with Gasteiger partial charge in [0.15, 0.2) is 5.78 Å². The van der Waals surface area contributed by atoms with E-state index in [1.807, 2.05) is 57.4 Å². The Labute approximate surface area is 227 Å². The number of rotatable bonds is 10. The first-order valence-corrected chi connectivity index (χ1v) is 13.3. The van der Waals surface area contributed by atoms with Gasteiger partial charge >= 0.3 is 0 Å². The van der Waals surface area contributed by atoms with E-state index in [2.05, 4.69) is 25.5 Å². The van der Waals surface area contributed by atoms with Gasteiger partial charge in [0.05, 0.1) is 33.7 Å². The predicted molar refractivity (Wildman–Crippen MR) is 155 cm³/mol. The first-order chi connectivity index (χ1) is 18.3. The van der Waals surface area contributed by atoms with Gasteiger partial charge in [0.25, 0.3) is 0 Å². The minimum Gasteiger partial charge on any atom is -0.506 e. The molecule has 4 aromatic rings. The normalized spacial score (nSPS) is 13.2. The van der Waals surface area contributed by atoms with E-state index in [0.717, 1.165) is 70.7 Å². The number of benzene rings is 2. The summed E-state index contributed by atoms with van der Waals surface area (Å²) in [6.07, 6.45) is 5.94. The molecule has 3 N–H and O–H groups in total. The molecule has 1 aliphatic rings. The van der Waals surface area contributed by atoms with Crippen LogP contribution >= 0.6 is 11.6 Å². The highest BCUT2D eigenvalue weighted by molar-refractivity contribution is 6.32. The van der Waals surface area contributed by atoms with E-state index in [9.17, 15) is 9.90 Å². The SMILES string of the molecule is CCc1cc(-c2ccc3ncc(C(=O)C4CC4)c(Nc4ccc(NCCN(C)C)nc4)c3c2)cc(Cl)c1O. The Morgan fingerprint density at radius 1 is 1.08 bits per heavy atom. The fourth-order valence-corrected chi connectivity index (χ4v) is 4.71. The van der Waals surface area contributed by atoms with E-state index >= 15 is 0 Å². The van der Waals surface area contributed by atoms with Crippen LogP contribution in [0.15, 0.2) is 54.9 Å². The van der Waals surface area contributed by atoms with Crippen LogP contribution in [0.5, 0.6) is 5.75 Å². The highest BCUT2D eigenvalue weighted by atomic mass is 35.5. The number of aromatic nitrogens is 2. The highest BCUT2D eigenvalue weighted by Crippen LogP contribution is 2.39. The van der Waals surface area contributed by atoms with Crippen molar-refractivity contribution in [3.8, 4) is 16.9 Å². The quantitative estimate of drug-likeness (QED) is 0.201. The summed E-state index contributed by atoms with van der Waals surface area (Å²) in [4.78, 5) is 24.5. The van der Waals surface area contributed by atoms with E-state index < -0.39 is 0 Å². The summed E-state index contributed by atoms with van der Waals surface area (Å²) in [5.41, 5.74) is 5.48. The fourth-order valence-electron chi connectivity index (χ4n) is 4.48. The van der Waals surface area contributed by atoms with E-state index in [-0.39, 0.29) is 17.5 Å². The second-order valence-electron chi connectivity index (χ2n) is 10.0. The second-order valence-corrected chi connectivity index (χ2v) is 10.4. The Morgan fingerprint density at radius 2 is 1.89 bits per heavy atom. The summed E-state index contributed by atoms with van der Waals surface area (Å²) in [7, 11) is 4.07. The van der Waals surface area contributed by atoms with E-state index in [0.29, 0.717) is 17.0 Å². The molecule has 2 aromatic heterocycles. The number of nitrogens with one attached hydrogen (secondary N) is 2. The fraction of sp³-hybridized carbons (Fsp3) is 0.300. The average Bonchev–Trinajstić information content (AvgIpc) is 3.76. The summed E-state index contributed by atoms with van der Waals surface area (Å²) in [6, 6.07) is 13.6. The van der Waals surface area contributed by atoms with Gasteiger partial charge in [0.1, 0.15) is 11.6 Å². The maximum Gasteiger partial charge on any atom is 0.169 e. The number of halogens is 1. The van der Waals surface area contributed by atoms with E-state index in [1.165, 1.54) is 0 Å². The van der Waals surface area contributed by atoms with Crippen LogP contribution in [0.4, 0.5) is 17.2 Å². The van der Waals surface area contributed by atoms with Gasteiger partial charge < -0.3 is 20.6 Å². The molecule has 196 valence electrons. The largest absolute Gasteiger partial charge is 0.506 e. The molecule has 0 radical (unpaired) electrons. The van der Waals surface area contributed by atoms with E-state index in [1.54, 1.807) is 18.5 Å².